The zero-order valence-corrected chi connectivity index (χ0v) is 16.6. The van der Waals surface area contributed by atoms with Gasteiger partial charge in [0.2, 0.25) is 5.91 Å². The fourth-order valence-corrected chi connectivity index (χ4v) is 4.52. The highest BCUT2D eigenvalue weighted by atomic mass is 32.1. The lowest BCUT2D eigenvalue weighted by Gasteiger charge is -2.22. The second-order valence-corrected chi connectivity index (χ2v) is 7.97. The first-order valence-electron chi connectivity index (χ1n) is 9.67. The number of nitrogens with one attached hydrogen (secondary N) is 1. The Morgan fingerprint density at radius 1 is 1.21 bits per heavy atom. The molecule has 29 heavy (non-hydrogen) atoms. The monoisotopic (exact) mass is 404 g/mol. The summed E-state index contributed by atoms with van der Waals surface area (Å²) in [5, 5.41) is 5.12. The number of carbonyl (C=O) groups excluding carboxylic acids is 1. The fraction of sp³-hybridized carbons (Fsp3) is 0.227. The molecule has 3 aromatic heterocycles. The number of amides is 1. The number of fused-ring (bicyclic) bond motifs is 1. The van der Waals surface area contributed by atoms with Crippen molar-refractivity contribution >= 4 is 34.4 Å². The van der Waals surface area contributed by atoms with Crippen LogP contribution in [0.5, 0.6) is 0 Å². The Morgan fingerprint density at radius 3 is 3.00 bits per heavy atom. The Kier molecular flexibility index (Phi) is 4.73. The van der Waals surface area contributed by atoms with Gasteiger partial charge in [0.1, 0.15) is 11.6 Å². The number of aromatic nitrogens is 2. The average Bonchev–Trinajstić information content (AvgIpc) is 3.51. The summed E-state index contributed by atoms with van der Waals surface area (Å²) in [4.78, 5) is 25.1. The molecule has 0 spiro atoms. The van der Waals surface area contributed by atoms with Crippen molar-refractivity contribution < 1.29 is 9.21 Å². The van der Waals surface area contributed by atoms with E-state index in [1.54, 1.807) is 17.5 Å². The Labute approximate surface area is 172 Å². The van der Waals surface area contributed by atoms with E-state index in [9.17, 15) is 4.79 Å². The number of thiophene rings is 1. The highest BCUT2D eigenvalue weighted by molar-refractivity contribution is 7.13. The lowest BCUT2D eigenvalue weighted by Crippen LogP contribution is -2.43. The summed E-state index contributed by atoms with van der Waals surface area (Å²) in [5.74, 6) is -0.00858. The Bertz CT molecular complexity index is 1110. The molecule has 1 amide bonds. The number of carbonyl (C=O) groups is 1. The summed E-state index contributed by atoms with van der Waals surface area (Å²) in [6, 6.07) is 15.9. The van der Waals surface area contributed by atoms with E-state index in [0.29, 0.717) is 12.6 Å². The van der Waals surface area contributed by atoms with Crippen molar-refractivity contribution in [3.63, 3.8) is 0 Å². The van der Waals surface area contributed by atoms with Gasteiger partial charge in [0.25, 0.3) is 6.01 Å². The Balaban J connectivity index is 1.32. The molecular formula is C22H20N4O2S. The molecule has 1 atom stereocenters. The molecule has 1 aliphatic heterocycles. The molecule has 0 saturated carbocycles. The zero-order chi connectivity index (χ0) is 19.6. The normalized spacial score (nSPS) is 16.4. The van der Waals surface area contributed by atoms with E-state index in [0.717, 1.165) is 46.6 Å². The molecule has 1 N–H and O–H groups in total. The molecule has 0 bridgehead atoms. The predicted molar refractivity (Wildman–Crippen MR) is 114 cm³/mol. The number of nitrogens with zero attached hydrogens (tertiary/aromatic N) is 3. The van der Waals surface area contributed by atoms with Gasteiger partial charge in [-0.2, -0.15) is 4.98 Å². The van der Waals surface area contributed by atoms with E-state index in [2.05, 4.69) is 15.3 Å². The summed E-state index contributed by atoms with van der Waals surface area (Å²) < 4.78 is 5.89. The van der Waals surface area contributed by atoms with Gasteiger partial charge in [0, 0.05) is 19.3 Å². The molecule has 1 aliphatic rings. The van der Waals surface area contributed by atoms with Crippen LogP contribution in [0, 0.1) is 0 Å². The van der Waals surface area contributed by atoms with Crippen LogP contribution in [-0.4, -0.2) is 28.5 Å². The molecule has 1 aromatic carbocycles. The Hall–Kier alpha value is -3.19. The van der Waals surface area contributed by atoms with Gasteiger partial charge in [-0.15, -0.1) is 11.3 Å². The quantitative estimate of drug-likeness (QED) is 0.539. The van der Waals surface area contributed by atoms with Crippen molar-refractivity contribution in [3.05, 3.63) is 65.7 Å². The number of benzene rings is 1. The maximum atomic E-state index is 13.0. The maximum Gasteiger partial charge on any atom is 0.299 e. The van der Waals surface area contributed by atoms with E-state index < -0.39 is 0 Å². The summed E-state index contributed by atoms with van der Waals surface area (Å²) in [7, 11) is 0. The first-order valence-corrected chi connectivity index (χ1v) is 10.6. The molecule has 1 saturated heterocycles. The van der Waals surface area contributed by atoms with E-state index in [1.165, 1.54) is 0 Å². The van der Waals surface area contributed by atoms with Gasteiger partial charge < -0.3 is 14.6 Å². The number of hydrogen-bond acceptors (Lipinski definition) is 6. The molecule has 146 valence electrons. The molecule has 5 rings (SSSR count). The number of hydrogen-bond donors (Lipinski definition) is 1. The standard InChI is InChI=1S/C22H20N4O2S/c27-21(24-14-15-6-3-11-23-20(15)19-10-5-13-29-19)17-8-4-12-26(17)22-25-16-7-1-2-9-18(16)28-22/h1-3,5-7,9-11,13,17H,4,8,12,14H2,(H,24,27). The van der Waals surface area contributed by atoms with Crippen molar-refractivity contribution in [1.82, 2.24) is 15.3 Å². The molecule has 1 fully saturated rings. The van der Waals surface area contributed by atoms with Crippen LogP contribution in [0.25, 0.3) is 21.7 Å². The van der Waals surface area contributed by atoms with Crippen LogP contribution in [0.4, 0.5) is 6.01 Å². The smallest absolute Gasteiger partial charge is 0.299 e. The SMILES string of the molecule is O=C(NCc1cccnc1-c1cccs1)C1CCCN1c1nc2ccccc2o1. The molecule has 0 aliphatic carbocycles. The second-order valence-electron chi connectivity index (χ2n) is 7.02. The summed E-state index contributed by atoms with van der Waals surface area (Å²) >= 11 is 1.65. The molecule has 4 heterocycles. The molecule has 4 aromatic rings. The lowest BCUT2D eigenvalue weighted by molar-refractivity contribution is -0.122. The third-order valence-electron chi connectivity index (χ3n) is 5.18. The first-order chi connectivity index (χ1) is 14.3. The lowest BCUT2D eigenvalue weighted by atomic mass is 10.1. The van der Waals surface area contributed by atoms with Gasteiger partial charge in [-0.1, -0.05) is 24.3 Å². The van der Waals surface area contributed by atoms with Gasteiger partial charge in [-0.25, -0.2) is 0 Å². The van der Waals surface area contributed by atoms with E-state index in [4.69, 9.17) is 4.42 Å². The Morgan fingerprint density at radius 2 is 2.14 bits per heavy atom. The number of anilines is 1. The minimum absolute atomic E-state index is 0.00858. The number of pyridine rings is 1. The van der Waals surface area contributed by atoms with Crippen LogP contribution in [0.3, 0.4) is 0 Å². The number of para-hydroxylation sites is 2. The average molecular weight is 404 g/mol. The van der Waals surface area contributed by atoms with E-state index in [-0.39, 0.29) is 11.9 Å². The van der Waals surface area contributed by atoms with Crippen molar-refractivity contribution in [3.8, 4) is 10.6 Å². The van der Waals surface area contributed by atoms with Crippen LogP contribution < -0.4 is 10.2 Å². The van der Waals surface area contributed by atoms with Gasteiger partial charge >= 0.3 is 0 Å². The van der Waals surface area contributed by atoms with Gasteiger partial charge in [0.15, 0.2) is 5.58 Å². The van der Waals surface area contributed by atoms with Gasteiger partial charge in [0.05, 0.1) is 10.6 Å². The maximum absolute atomic E-state index is 13.0. The summed E-state index contributed by atoms with van der Waals surface area (Å²) in [6.07, 6.45) is 3.51. The van der Waals surface area contributed by atoms with Crippen molar-refractivity contribution in [1.29, 1.82) is 0 Å². The molecule has 7 heteroatoms. The summed E-state index contributed by atoms with van der Waals surface area (Å²) in [5.41, 5.74) is 3.48. The van der Waals surface area contributed by atoms with Crippen molar-refractivity contribution in [2.45, 2.75) is 25.4 Å². The topological polar surface area (TPSA) is 71.3 Å². The van der Waals surface area contributed by atoms with Gasteiger partial charge in [-0.3, -0.25) is 9.78 Å². The molecular weight excluding hydrogens is 384 g/mol. The minimum Gasteiger partial charge on any atom is -0.423 e. The highest BCUT2D eigenvalue weighted by Crippen LogP contribution is 2.29. The minimum atomic E-state index is -0.273. The second kappa shape index (κ2) is 7.67. The third-order valence-corrected chi connectivity index (χ3v) is 6.06. The number of rotatable bonds is 5. The van der Waals surface area contributed by atoms with E-state index in [1.807, 2.05) is 58.8 Å². The van der Waals surface area contributed by atoms with Crippen LogP contribution in [0.2, 0.25) is 0 Å². The number of oxazole rings is 1. The molecule has 6 nitrogen and oxygen atoms in total. The molecule has 1 unspecified atom stereocenters. The largest absolute Gasteiger partial charge is 0.423 e. The molecule has 0 radical (unpaired) electrons. The van der Waals surface area contributed by atoms with Crippen LogP contribution >= 0.6 is 11.3 Å². The predicted octanol–water partition coefficient (Wildman–Crippen LogP) is 4.24. The van der Waals surface area contributed by atoms with Crippen LogP contribution in [0.15, 0.2) is 64.5 Å². The van der Waals surface area contributed by atoms with Crippen LogP contribution in [-0.2, 0) is 11.3 Å². The first kappa shape index (κ1) is 17.9. The van der Waals surface area contributed by atoms with E-state index >= 15 is 0 Å². The van der Waals surface area contributed by atoms with Crippen molar-refractivity contribution in [2.24, 2.45) is 0 Å². The van der Waals surface area contributed by atoms with Crippen LogP contribution in [0.1, 0.15) is 18.4 Å². The summed E-state index contributed by atoms with van der Waals surface area (Å²) in [6.45, 7) is 1.20. The third kappa shape index (κ3) is 3.49. The zero-order valence-electron chi connectivity index (χ0n) is 15.7. The highest BCUT2D eigenvalue weighted by Gasteiger charge is 2.33. The van der Waals surface area contributed by atoms with Crippen molar-refractivity contribution in [2.75, 3.05) is 11.4 Å². The van der Waals surface area contributed by atoms with Gasteiger partial charge in [-0.05, 0) is 48.1 Å². The fourth-order valence-electron chi connectivity index (χ4n) is 3.77.